The van der Waals surface area contributed by atoms with Crippen LogP contribution in [0.15, 0.2) is 96.6 Å². The maximum atomic E-state index is 11.3. The van der Waals surface area contributed by atoms with Gasteiger partial charge in [0.15, 0.2) is 0 Å². The van der Waals surface area contributed by atoms with Crippen molar-refractivity contribution in [1.82, 2.24) is 0 Å². The lowest BCUT2D eigenvalue weighted by Crippen LogP contribution is -2.17. The third-order valence-electron chi connectivity index (χ3n) is 7.53. The predicted molar refractivity (Wildman–Crippen MR) is 154 cm³/mol. The average Bonchev–Trinajstić information content (AvgIpc) is 3.32. The van der Waals surface area contributed by atoms with Crippen molar-refractivity contribution in [3.8, 4) is 0 Å². The summed E-state index contributed by atoms with van der Waals surface area (Å²) in [5.74, 6) is -8.16. The molecule has 0 amide bonds. The van der Waals surface area contributed by atoms with Gasteiger partial charge in [0.1, 0.15) is 5.92 Å². The van der Waals surface area contributed by atoms with E-state index in [0.29, 0.717) is 0 Å². The molecule has 200 valence electrons. The summed E-state index contributed by atoms with van der Waals surface area (Å²) in [6.07, 6.45) is 0. The number of carboxylic acid groups (broad SMARTS) is 4. The Bertz CT molecular complexity index is 1950. The summed E-state index contributed by atoms with van der Waals surface area (Å²) in [6.45, 7) is 0. The fourth-order valence-electron chi connectivity index (χ4n) is 5.99. The van der Waals surface area contributed by atoms with Crippen molar-refractivity contribution in [3.05, 3.63) is 113 Å². The van der Waals surface area contributed by atoms with Gasteiger partial charge in [-0.05, 0) is 54.7 Å². The highest BCUT2D eigenvalue weighted by Crippen LogP contribution is 2.44. The molecular weight excluding hydrogens is 524 g/mol. The number of fused-ring (bicyclic) bond motifs is 3. The molecule has 1 aliphatic carbocycles. The maximum Gasteiger partial charge on any atom is 0.336 e. The van der Waals surface area contributed by atoms with Crippen LogP contribution in [0.1, 0.15) is 27.4 Å². The van der Waals surface area contributed by atoms with Crippen LogP contribution in [-0.2, 0) is 14.4 Å². The minimum atomic E-state index is -1.72. The molecule has 0 bridgehead atoms. The van der Waals surface area contributed by atoms with Crippen LogP contribution in [0.25, 0.3) is 48.7 Å². The zero-order valence-corrected chi connectivity index (χ0v) is 21.2. The van der Waals surface area contributed by atoms with Crippen molar-refractivity contribution in [2.24, 2.45) is 0 Å². The highest BCUT2D eigenvalue weighted by molar-refractivity contribution is 6.33. The standard InChI is InChI=1S/C20H12.C13H8O8/c1-5-13-6-2-11-17-18-12-4-8-14-7-3-10-16(20(14)18)15(9-1)19(13)17;14-10(15)5-3-1-2-4-6(5)8(12(18)19)9(13(20)21)7(4)11(16)17/h1-12H;1-3,7H,(H,14,15)(H,16,17)(H,18,19)(H,20,21). The number of hydrogen-bond acceptors (Lipinski definition) is 4. The van der Waals surface area contributed by atoms with Crippen LogP contribution < -0.4 is 0 Å². The van der Waals surface area contributed by atoms with E-state index < -0.39 is 46.5 Å². The Morgan fingerprint density at radius 3 is 1.32 bits per heavy atom. The Morgan fingerprint density at radius 2 is 0.951 bits per heavy atom. The average molecular weight is 545 g/mol. The molecule has 7 rings (SSSR count). The number of benzene rings is 6. The van der Waals surface area contributed by atoms with E-state index in [-0.39, 0.29) is 11.1 Å². The van der Waals surface area contributed by atoms with Gasteiger partial charge >= 0.3 is 23.9 Å². The molecule has 6 aromatic rings. The second kappa shape index (κ2) is 9.46. The lowest BCUT2D eigenvalue weighted by Gasteiger charge is -2.13. The van der Waals surface area contributed by atoms with Gasteiger partial charge in [-0.2, -0.15) is 0 Å². The summed E-state index contributed by atoms with van der Waals surface area (Å²) in [5, 5.41) is 47.4. The second-order valence-corrected chi connectivity index (χ2v) is 9.66. The first-order valence-electron chi connectivity index (χ1n) is 12.5. The first-order chi connectivity index (χ1) is 19.7. The quantitative estimate of drug-likeness (QED) is 0.151. The van der Waals surface area contributed by atoms with Crippen LogP contribution >= 0.6 is 0 Å². The minimum absolute atomic E-state index is 0.155. The monoisotopic (exact) mass is 544 g/mol. The summed E-state index contributed by atoms with van der Waals surface area (Å²) >= 11 is 0. The van der Waals surface area contributed by atoms with Crippen molar-refractivity contribution >= 4 is 72.5 Å². The second-order valence-electron chi connectivity index (χ2n) is 9.66. The number of hydrogen-bond donors (Lipinski definition) is 4. The highest BCUT2D eigenvalue weighted by atomic mass is 16.4. The predicted octanol–water partition coefficient (Wildman–Crippen LogP) is 6.23. The Morgan fingerprint density at radius 1 is 0.512 bits per heavy atom. The number of rotatable bonds is 4. The molecule has 8 nitrogen and oxygen atoms in total. The van der Waals surface area contributed by atoms with Gasteiger partial charge in [-0.3, -0.25) is 4.79 Å². The van der Waals surface area contributed by atoms with E-state index in [4.69, 9.17) is 10.2 Å². The molecule has 6 aromatic carbocycles. The normalized spacial score (nSPS) is 14.3. The lowest BCUT2D eigenvalue weighted by atomic mass is 9.90. The number of aromatic carboxylic acids is 1. The number of carboxylic acids is 4. The Hall–Kier alpha value is -5.76. The third-order valence-corrected chi connectivity index (χ3v) is 7.53. The van der Waals surface area contributed by atoms with Gasteiger partial charge in [0.05, 0.1) is 16.7 Å². The van der Waals surface area contributed by atoms with Crippen LogP contribution in [0.3, 0.4) is 0 Å². The molecular formula is C33H20O8. The van der Waals surface area contributed by atoms with Gasteiger partial charge in [-0.25, -0.2) is 14.4 Å². The molecule has 0 heterocycles. The van der Waals surface area contributed by atoms with Crippen LogP contribution in [-0.4, -0.2) is 44.3 Å². The third kappa shape index (κ3) is 3.84. The van der Waals surface area contributed by atoms with E-state index in [1.54, 1.807) is 0 Å². The van der Waals surface area contributed by atoms with Crippen LogP contribution in [0, 0.1) is 0 Å². The molecule has 8 heteroatoms. The van der Waals surface area contributed by atoms with Gasteiger partial charge in [0, 0.05) is 5.56 Å². The fraction of sp³-hybridized carbons (Fsp3) is 0.0303. The zero-order valence-electron chi connectivity index (χ0n) is 21.2. The highest BCUT2D eigenvalue weighted by Gasteiger charge is 2.44. The van der Waals surface area contributed by atoms with Crippen molar-refractivity contribution in [3.63, 3.8) is 0 Å². The van der Waals surface area contributed by atoms with E-state index in [1.807, 2.05) is 0 Å². The minimum Gasteiger partial charge on any atom is -0.481 e. The number of carbonyl (C=O) groups is 4. The molecule has 1 aliphatic rings. The summed E-state index contributed by atoms with van der Waals surface area (Å²) in [4.78, 5) is 45.0. The van der Waals surface area contributed by atoms with Crippen molar-refractivity contribution < 1.29 is 39.6 Å². The molecule has 0 aromatic heterocycles. The van der Waals surface area contributed by atoms with E-state index in [2.05, 4.69) is 72.8 Å². The molecule has 0 radical (unpaired) electrons. The van der Waals surface area contributed by atoms with Crippen LogP contribution in [0.5, 0.6) is 0 Å². The lowest BCUT2D eigenvalue weighted by molar-refractivity contribution is -0.141. The van der Waals surface area contributed by atoms with E-state index in [0.717, 1.165) is 6.07 Å². The van der Waals surface area contributed by atoms with Gasteiger partial charge in [0.2, 0.25) is 0 Å². The van der Waals surface area contributed by atoms with Gasteiger partial charge in [0.25, 0.3) is 0 Å². The smallest absolute Gasteiger partial charge is 0.336 e. The molecule has 1 atom stereocenters. The summed E-state index contributed by atoms with van der Waals surface area (Å²) in [6, 6.07) is 30.0. The topological polar surface area (TPSA) is 149 Å². The summed E-state index contributed by atoms with van der Waals surface area (Å²) in [5.41, 5.74) is -2.63. The van der Waals surface area contributed by atoms with Crippen LogP contribution in [0.2, 0.25) is 0 Å². The molecule has 41 heavy (non-hydrogen) atoms. The first kappa shape index (κ1) is 25.5. The molecule has 0 saturated heterocycles. The summed E-state index contributed by atoms with van der Waals surface area (Å²) < 4.78 is 0. The SMILES string of the molecule is O=C(O)C1=C(C(=O)O)C(C(=O)O)c2cccc(C(=O)O)c21.c1cc2cccc3c4cccc5cccc(c(c1)c23)c54. The first-order valence-corrected chi connectivity index (χ1v) is 12.5. The van der Waals surface area contributed by atoms with Gasteiger partial charge in [-0.1, -0.05) is 84.9 Å². The van der Waals surface area contributed by atoms with Crippen molar-refractivity contribution in [2.75, 3.05) is 0 Å². The largest absolute Gasteiger partial charge is 0.481 e. The van der Waals surface area contributed by atoms with Gasteiger partial charge in [-0.15, -0.1) is 0 Å². The summed E-state index contributed by atoms with van der Waals surface area (Å²) in [7, 11) is 0. The Kier molecular flexibility index (Phi) is 5.89. The Balaban J connectivity index is 0.000000147. The van der Waals surface area contributed by atoms with E-state index in [9.17, 15) is 29.4 Å². The molecule has 4 N–H and O–H groups in total. The molecule has 0 spiro atoms. The van der Waals surface area contributed by atoms with E-state index in [1.165, 1.54) is 55.2 Å². The molecule has 0 saturated carbocycles. The Labute approximate surface area is 231 Å². The molecule has 0 aliphatic heterocycles. The molecule has 0 fully saturated rings. The maximum absolute atomic E-state index is 11.3. The number of aliphatic carboxylic acids is 3. The van der Waals surface area contributed by atoms with E-state index >= 15 is 0 Å². The fourth-order valence-corrected chi connectivity index (χ4v) is 5.99. The zero-order chi connectivity index (χ0) is 29.0. The van der Waals surface area contributed by atoms with Crippen LogP contribution in [0.4, 0.5) is 0 Å². The van der Waals surface area contributed by atoms with Crippen molar-refractivity contribution in [2.45, 2.75) is 5.92 Å². The van der Waals surface area contributed by atoms with Gasteiger partial charge < -0.3 is 20.4 Å². The molecule has 1 unspecified atom stereocenters. The van der Waals surface area contributed by atoms with Crippen molar-refractivity contribution in [1.29, 1.82) is 0 Å².